The Kier molecular flexibility index (Phi) is 5.54. The SMILES string of the molecule is Cc1noc(C)c1/C(=C\n1cnc(C2=CC(C(F)(F)F)=CC(C(F)(F)F)C2)n1)C(=O)O. The molecule has 2 aromatic rings. The Hall–Kier alpha value is -3.38. The molecule has 0 aliphatic heterocycles. The number of carboxylic acids is 1. The van der Waals surface area contributed by atoms with Gasteiger partial charge in [0.15, 0.2) is 5.82 Å². The maximum atomic E-state index is 13.1. The second-order valence-corrected chi connectivity index (χ2v) is 6.74. The fourth-order valence-corrected chi connectivity index (χ4v) is 3.06. The maximum absolute atomic E-state index is 13.1. The van der Waals surface area contributed by atoms with Gasteiger partial charge in [-0.15, -0.1) is 5.10 Å². The zero-order valence-electron chi connectivity index (χ0n) is 15.9. The molecular formula is C18H14F6N4O3. The van der Waals surface area contributed by atoms with E-state index in [1.165, 1.54) is 13.8 Å². The maximum Gasteiger partial charge on any atom is 0.416 e. The number of hydrogen-bond acceptors (Lipinski definition) is 5. The minimum absolute atomic E-state index is 0.125. The molecule has 0 fully saturated rings. The molecule has 3 rings (SSSR count). The van der Waals surface area contributed by atoms with Crippen LogP contribution in [0.25, 0.3) is 17.3 Å². The summed E-state index contributed by atoms with van der Waals surface area (Å²) in [5.41, 5.74) is -1.69. The molecule has 166 valence electrons. The van der Waals surface area contributed by atoms with Gasteiger partial charge in [-0.05, 0) is 26.3 Å². The molecule has 0 saturated carbocycles. The van der Waals surface area contributed by atoms with Gasteiger partial charge < -0.3 is 9.63 Å². The van der Waals surface area contributed by atoms with Gasteiger partial charge in [0.05, 0.1) is 28.3 Å². The lowest BCUT2D eigenvalue weighted by Gasteiger charge is -2.23. The molecule has 1 atom stereocenters. The fourth-order valence-electron chi connectivity index (χ4n) is 3.06. The molecule has 0 radical (unpaired) electrons. The predicted molar refractivity (Wildman–Crippen MR) is 94.1 cm³/mol. The molecule has 2 aromatic heterocycles. The standard InChI is InChI=1S/C18H14F6N4O3/c1-8-14(9(2)31-27-8)13(16(29)30)6-28-7-25-15(26-28)10-3-11(17(19,20)21)5-12(4-10)18(22,23)24/h3,5-7,12H,4H2,1-2H3,(H,29,30)/b13-6+. The first-order valence-corrected chi connectivity index (χ1v) is 8.63. The van der Waals surface area contributed by atoms with Crippen molar-refractivity contribution in [2.75, 3.05) is 0 Å². The van der Waals surface area contributed by atoms with Crippen molar-refractivity contribution in [1.29, 1.82) is 0 Å². The van der Waals surface area contributed by atoms with E-state index in [0.29, 0.717) is 6.08 Å². The molecular weight excluding hydrogens is 434 g/mol. The zero-order chi connectivity index (χ0) is 23.1. The normalized spacial score (nSPS) is 18.1. The van der Waals surface area contributed by atoms with E-state index in [0.717, 1.165) is 17.2 Å². The van der Waals surface area contributed by atoms with Crippen molar-refractivity contribution in [2.45, 2.75) is 32.6 Å². The van der Waals surface area contributed by atoms with E-state index in [9.17, 15) is 36.2 Å². The highest BCUT2D eigenvalue weighted by atomic mass is 19.4. The Labute approximate surface area is 170 Å². The summed E-state index contributed by atoms with van der Waals surface area (Å²) < 4.78 is 84.4. The van der Waals surface area contributed by atoms with Gasteiger partial charge in [-0.25, -0.2) is 14.5 Å². The van der Waals surface area contributed by atoms with Gasteiger partial charge in [0.25, 0.3) is 0 Å². The minimum Gasteiger partial charge on any atom is -0.478 e. The molecule has 0 amide bonds. The van der Waals surface area contributed by atoms with Crippen molar-refractivity contribution >= 4 is 23.3 Å². The Balaban J connectivity index is 2.01. The quantitative estimate of drug-likeness (QED) is 0.550. The fraction of sp³-hybridized carbons (Fsp3) is 0.333. The van der Waals surface area contributed by atoms with Crippen LogP contribution in [0.2, 0.25) is 0 Å². The Bertz CT molecular complexity index is 1080. The smallest absolute Gasteiger partial charge is 0.416 e. The summed E-state index contributed by atoms with van der Waals surface area (Å²) in [5, 5.41) is 17.0. The van der Waals surface area contributed by atoms with Gasteiger partial charge >= 0.3 is 18.3 Å². The van der Waals surface area contributed by atoms with Crippen LogP contribution in [0.3, 0.4) is 0 Å². The van der Waals surface area contributed by atoms with Crippen LogP contribution in [-0.4, -0.2) is 43.3 Å². The summed E-state index contributed by atoms with van der Waals surface area (Å²) in [6.07, 6.45) is -8.00. The lowest BCUT2D eigenvalue weighted by molar-refractivity contribution is -0.161. The van der Waals surface area contributed by atoms with E-state index in [4.69, 9.17) is 4.52 Å². The van der Waals surface area contributed by atoms with Crippen LogP contribution in [0.5, 0.6) is 0 Å². The largest absolute Gasteiger partial charge is 0.478 e. The van der Waals surface area contributed by atoms with Crippen LogP contribution in [-0.2, 0) is 4.79 Å². The van der Waals surface area contributed by atoms with Crippen molar-refractivity contribution in [3.05, 3.63) is 46.9 Å². The molecule has 1 aliphatic rings. The number of allylic oxidation sites excluding steroid dienone is 4. The lowest BCUT2D eigenvalue weighted by atomic mass is 9.89. The van der Waals surface area contributed by atoms with E-state index in [-0.39, 0.29) is 40.1 Å². The summed E-state index contributed by atoms with van der Waals surface area (Å²) in [6.45, 7) is 2.98. The number of aryl methyl sites for hydroxylation is 2. The molecule has 13 heteroatoms. The number of aliphatic carboxylic acids is 1. The molecule has 1 unspecified atom stereocenters. The van der Waals surface area contributed by atoms with E-state index in [2.05, 4.69) is 15.2 Å². The molecule has 2 heterocycles. The van der Waals surface area contributed by atoms with Crippen LogP contribution in [0.15, 0.2) is 28.6 Å². The third-order valence-corrected chi connectivity index (χ3v) is 4.49. The summed E-state index contributed by atoms with van der Waals surface area (Å²) in [4.78, 5) is 15.4. The van der Waals surface area contributed by atoms with E-state index >= 15 is 0 Å². The van der Waals surface area contributed by atoms with Crippen molar-refractivity contribution in [2.24, 2.45) is 5.92 Å². The monoisotopic (exact) mass is 448 g/mol. The lowest BCUT2D eigenvalue weighted by Crippen LogP contribution is -2.26. The average Bonchev–Trinajstić information content (AvgIpc) is 3.24. The summed E-state index contributed by atoms with van der Waals surface area (Å²) in [7, 11) is 0. The van der Waals surface area contributed by atoms with Crippen LogP contribution < -0.4 is 0 Å². The summed E-state index contributed by atoms with van der Waals surface area (Å²) in [6, 6.07) is 0. The Morgan fingerprint density at radius 2 is 1.94 bits per heavy atom. The highest BCUT2D eigenvalue weighted by Crippen LogP contribution is 2.42. The van der Waals surface area contributed by atoms with Crippen molar-refractivity contribution in [3.8, 4) is 0 Å². The number of nitrogens with zero attached hydrogens (tertiary/aromatic N) is 4. The van der Waals surface area contributed by atoms with E-state index in [1.54, 1.807) is 0 Å². The minimum atomic E-state index is -4.99. The molecule has 1 N–H and O–H groups in total. The first-order chi connectivity index (χ1) is 14.3. The van der Waals surface area contributed by atoms with Crippen LogP contribution in [0.4, 0.5) is 26.3 Å². The van der Waals surface area contributed by atoms with E-state index < -0.39 is 36.2 Å². The molecule has 31 heavy (non-hydrogen) atoms. The van der Waals surface area contributed by atoms with Crippen LogP contribution in [0, 0.1) is 19.8 Å². The van der Waals surface area contributed by atoms with Gasteiger partial charge in [-0.3, -0.25) is 0 Å². The number of rotatable bonds is 4. The number of aromatic nitrogens is 4. The van der Waals surface area contributed by atoms with Crippen molar-refractivity contribution in [1.82, 2.24) is 19.9 Å². The highest BCUT2D eigenvalue weighted by molar-refractivity contribution is 6.19. The molecule has 7 nitrogen and oxygen atoms in total. The first kappa shape index (κ1) is 22.3. The number of halogens is 6. The van der Waals surface area contributed by atoms with Gasteiger partial charge in [-0.2, -0.15) is 26.3 Å². The number of hydrogen-bond donors (Lipinski definition) is 1. The molecule has 1 aliphatic carbocycles. The third-order valence-electron chi connectivity index (χ3n) is 4.49. The molecule has 0 spiro atoms. The second kappa shape index (κ2) is 7.71. The van der Waals surface area contributed by atoms with Crippen LogP contribution >= 0.6 is 0 Å². The van der Waals surface area contributed by atoms with Crippen molar-refractivity contribution in [3.63, 3.8) is 0 Å². The predicted octanol–water partition coefficient (Wildman–Crippen LogP) is 4.42. The van der Waals surface area contributed by atoms with Crippen LogP contribution in [0.1, 0.15) is 29.3 Å². The average molecular weight is 448 g/mol. The zero-order valence-corrected chi connectivity index (χ0v) is 15.9. The highest BCUT2D eigenvalue weighted by Gasteiger charge is 2.44. The molecule has 0 saturated heterocycles. The third kappa shape index (κ3) is 4.70. The van der Waals surface area contributed by atoms with Gasteiger partial charge in [0.1, 0.15) is 12.1 Å². The second-order valence-electron chi connectivity index (χ2n) is 6.74. The number of carboxylic acid groups (broad SMARTS) is 1. The van der Waals surface area contributed by atoms with E-state index in [1.807, 2.05) is 0 Å². The molecule has 0 aromatic carbocycles. The number of carbonyl (C=O) groups is 1. The Morgan fingerprint density at radius 1 is 1.26 bits per heavy atom. The van der Waals surface area contributed by atoms with Gasteiger partial charge in [0.2, 0.25) is 0 Å². The van der Waals surface area contributed by atoms with Crippen molar-refractivity contribution < 1.29 is 40.8 Å². The summed E-state index contributed by atoms with van der Waals surface area (Å²) >= 11 is 0. The van der Waals surface area contributed by atoms with Gasteiger partial charge in [-0.1, -0.05) is 11.2 Å². The summed E-state index contributed by atoms with van der Waals surface area (Å²) in [5.74, 6) is -3.91. The Morgan fingerprint density at radius 3 is 2.45 bits per heavy atom. The van der Waals surface area contributed by atoms with Gasteiger partial charge in [0, 0.05) is 11.8 Å². The number of alkyl halides is 6. The first-order valence-electron chi connectivity index (χ1n) is 8.63. The molecule has 0 bridgehead atoms. The topological polar surface area (TPSA) is 94.0 Å².